The lowest BCUT2D eigenvalue weighted by Gasteiger charge is -2.46. The van der Waals surface area contributed by atoms with Crippen molar-refractivity contribution in [1.29, 1.82) is 0 Å². The van der Waals surface area contributed by atoms with Crippen molar-refractivity contribution in [1.82, 2.24) is 4.90 Å². The highest BCUT2D eigenvalue weighted by Crippen LogP contribution is 2.30. The molecule has 3 aliphatic heterocycles. The van der Waals surface area contributed by atoms with E-state index < -0.39 is 0 Å². The van der Waals surface area contributed by atoms with Crippen molar-refractivity contribution in [3.8, 4) is 0 Å². The van der Waals surface area contributed by atoms with Gasteiger partial charge < -0.3 is 9.64 Å². The third kappa shape index (κ3) is 3.74. The van der Waals surface area contributed by atoms with Crippen molar-refractivity contribution in [3.63, 3.8) is 0 Å². The summed E-state index contributed by atoms with van der Waals surface area (Å²) in [7, 11) is 0. The Kier molecular flexibility index (Phi) is 5.24. The quantitative estimate of drug-likeness (QED) is 0.592. The average molecular weight is 322 g/mol. The van der Waals surface area contributed by atoms with E-state index in [0.29, 0.717) is 24.1 Å². The Morgan fingerprint density at radius 2 is 1.91 bits per heavy atom. The zero-order chi connectivity index (χ0) is 15.5. The maximum atomic E-state index is 12.6. The molecule has 1 saturated carbocycles. The topological polar surface area (TPSA) is 41.9 Å². The van der Waals surface area contributed by atoms with Gasteiger partial charge in [-0.2, -0.15) is 0 Å². The minimum absolute atomic E-state index is 0.0512. The van der Waals surface area contributed by atoms with Crippen LogP contribution in [0.1, 0.15) is 44.9 Å². The van der Waals surface area contributed by atoms with E-state index in [-0.39, 0.29) is 18.1 Å². The van der Waals surface area contributed by atoms with Gasteiger partial charge in [0, 0.05) is 25.2 Å². The van der Waals surface area contributed by atoms with Crippen LogP contribution in [0.3, 0.4) is 0 Å². The van der Waals surface area contributed by atoms with E-state index in [9.17, 15) is 4.79 Å². The van der Waals surface area contributed by atoms with E-state index in [2.05, 4.69) is 11.6 Å². The first-order valence-electron chi connectivity index (χ1n) is 8.41. The molecule has 0 spiro atoms. The number of ether oxygens (including phenoxy) is 1. The lowest BCUT2D eigenvalue weighted by molar-refractivity contribution is -0.184. The molecule has 3 heterocycles. The Morgan fingerprint density at radius 1 is 1.27 bits per heavy atom. The number of morpholine rings is 1. The summed E-state index contributed by atoms with van der Waals surface area (Å²) in [6, 6.07) is 0. The standard InChI is InChI=1S/C17H26N2O2S/c1-12(8-13-6-4-3-5-7-13)18-16(22-2)17(20)19-10-14-9-15(11-19)21-14/h13-15H,1,3-11H2,2H3. The fourth-order valence-electron chi connectivity index (χ4n) is 3.75. The van der Waals surface area contributed by atoms with Gasteiger partial charge >= 0.3 is 0 Å². The molecular formula is C17H26N2O2S. The molecule has 3 saturated heterocycles. The molecule has 4 rings (SSSR count). The predicted molar refractivity (Wildman–Crippen MR) is 91.1 cm³/mol. The second-order valence-corrected chi connectivity index (χ2v) is 7.52. The summed E-state index contributed by atoms with van der Waals surface area (Å²) in [5, 5.41) is 0.585. The van der Waals surface area contributed by atoms with Gasteiger partial charge in [0.1, 0.15) is 0 Å². The Balaban J connectivity index is 1.56. The van der Waals surface area contributed by atoms with Crippen molar-refractivity contribution >= 4 is 22.7 Å². The number of hydrogen-bond acceptors (Lipinski definition) is 4. The average Bonchev–Trinajstić information content (AvgIpc) is 2.52. The predicted octanol–water partition coefficient (Wildman–Crippen LogP) is 3.23. The molecule has 0 aromatic heterocycles. The SMILES string of the molecule is C=C(CC1CCCCC1)N=C(SC)C(=O)N1CC2CC(C1)O2. The zero-order valence-electron chi connectivity index (χ0n) is 13.4. The lowest BCUT2D eigenvalue weighted by Crippen LogP contribution is -2.59. The summed E-state index contributed by atoms with van der Waals surface area (Å²) in [6.07, 6.45) is 11.0. The van der Waals surface area contributed by atoms with Gasteiger partial charge in [-0.1, -0.05) is 38.7 Å². The molecule has 122 valence electrons. The molecule has 4 nitrogen and oxygen atoms in total. The monoisotopic (exact) mass is 322 g/mol. The number of rotatable bonds is 3. The van der Waals surface area contributed by atoms with Gasteiger partial charge in [0.25, 0.3) is 5.91 Å². The van der Waals surface area contributed by atoms with E-state index in [1.54, 1.807) is 0 Å². The van der Waals surface area contributed by atoms with Crippen molar-refractivity contribution in [3.05, 3.63) is 12.3 Å². The fraction of sp³-hybridized carbons (Fsp3) is 0.765. The minimum atomic E-state index is 0.0512. The molecular weight excluding hydrogens is 296 g/mol. The second-order valence-electron chi connectivity index (χ2n) is 6.72. The first kappa shape index (κ1) is 16.1. The number of thioether (sulfide) groups is 1. The normalized spacial score (nSPS) is 29.1. The smallest absolute Gasteiger partial charge is 0.279 e. The van der Waals surface area contributed by atoms with Crippen molar-refractivity contribution in [2.75, 3.05) is 19.3 Å². The van der Waals surface area contributed by atoms with Crippen LogP contribution in [-0.4, -0.2) is 47.4 Å². The van der Waals surface area contributed by atoms with E-state index in [4.69, 9.17) is 4.74 Å². The molecule has 1 amide bonds. The van der Waals surface area contributed by atoms with Crippen LogP contribution >= 0.6 is 11.8 Å². The Hall–Kier alpha value is -0.810. The number of amides is 1. The molecule has 4 fully saturated rings. The molecule has 0 aromatic carbocycles. The first-order valence-corrected chi connectivity index (χ1v) is 9.63. The largest absolute Gasteiger partial charge is 0.371 e. The lowest BCUT2D eigenvalue weighted by atomic mass is 9.86. The summed E-state index contributed by atoms with van der Waals surface area (Å²) < 4.78 is 5.59. The zero-order valence-corrected chi connectivity index (χ0v) is 14.2. The number of carbonyl (C=O) groups is 1. The number of nitrogens with zero attached hydrogens (tertiary/aromatic N) is 2. The van der Waals surface area contributed by atoms with Gasteiger partial charge in [-0.15, -0.1) is 11.8 Å². The summed E-state index contributed by atoms with van der Waals surface area (Å²) in [4.78, 5) is 19.1. The molecule has 0 N–H and O–H groups in total. The summed E-state index contributed by atoms with van der Waals surface area (Å²) in [5.41, 5.74) is 0.864. The van der Waals surface area contributed by atoms with E-state index >= 15 is 0 Å². The maximum Gasteiger partial charge on any atom is 0.279 e. The summed E-state index contributed by atoms with van der Waals surface area (Å²) in [5.74, 6) is 0.759. The van der Waals surface area contributed by atoms with Crippen LogP contribution in [0.2, 0.25) is 0 Å². The number of hydrogen-bond donors (Lipinski definition) is 0. The molecule has 1 aliphatic carbocycles. The van der Waals surface area contributed by atoms with Crippen molar-refractivity contribution < 1.29 is 9.53 Å². The van der Waals surface area contributed by atoms with Crippen LogP contribution in [0.15, 0.2) is 17.3 Å². The molecule has 0 aromatic rings. The van der Waals surface area contributed by atoms with Gasteiger partial charge in [-0.3, -0.25) is 4.79 Å². The number of allylic oxidation sites excluding steroid dienone is 1. The molecule has 2 unspecified atom stereocenters. The van der Waals surface area contributed by atoms with Gasteiger partial charge in [0.05, 0.1) is 12.2 Å². The van der Waals surface area contributed by atoms with Crippen LogP contribution in [0, 0.1) is 5.92 Å². The number of piperidine rings is 1. The van der Waals surface area contributed by atoms with Gasteiger partial charge in [-0.25, -0.2) is 4.99 Å². The van der Waals surface area contributed by atoms with Crippen LogP contribution in [0.4, 0.5) is 0 Å². The van der Waals surface area contributed by atoms with E-state index in [0.717, 1.165) is 18.5 Å². The van der Waals surface area contributed by atoms with Crippen molar-refractivity contribution in [2.24, 2.45) is 10.9 Å². The molecule has 22 heavy (non-hydrogen) atoms. The Morgan fingerprint density at radius 3 is 2.50 bits per heavy atom. The highest BCUT2D eigenvalue weighted by atomic mass is 32.2. The Labute approximate surface area is 137 Å². The van der Waals surface area contributed by atoms with Gasteiger partial charge in [-0.05, 0) is 18.6 Å². The molecule has 2 bridgehead atoms. The number of aliphatic imine (C=N–C) groups is 1. The van der Waals surface area contributed by atoms with Crippen LogP contribution < -0.4 is 0 Å². The van der Waals surface area contributed by atoms with Crippen molar-refractivity contribution in [2.45, 2.75) is 57.2 Å². The van der Waals surface area contributed by atoms with Crippen LogP contribution in [0.25, 0.3) is 0 Å². The van der Waals surface area contributed by atoms with Crippen LogP contribution in [0.5, 0.6) is 0 Å². The number of fused-ring (bicyclic) bond motifs is 2. The Bertz CT molecular complexity index is 455. The highest BCUT2D eigenvalue weighted by molar-refractivity contribution is 8.15. The summed E-state index contributed by atoms with van der Waals surface area (Å²) >= 11 is 1.44. The van der Waals surface area contributed by atoms with Gasteiger partial charge in [0.15, 0.2) is 5.04 Å². The fourth-order valence-corrected chi connectivity index (χ4v) is 4.28. The summed E-state index contributed by atoms with van der Waals surface area (Å²) in [6.45, 7) is 5.52. The highest BCUT2D eigenvalue weighted by Gasteiger charge is 2.40. The van der Waals surface area contributed by atoms with Gasteiger partial charge in [0.2, 0.25) is 0 Å². The maximum absolute atomic E-state index is 12.6. The number of carbonyl (C=O) groups excluding carboxylic acids is 1. The van der Waals surface area contributed by atoms with Crippen LogP contribution in [-0.2, 0) is 9.53 Å². The van der Waals surface area contributed by atoms with E-state index in [1.807, 2.05) is 11.2 Å². The third-order valence-electron chi connectivity index (χ3n) is 4.93. The third-order valence-corrected chi connectivity index (χ3v) is 5.58. The molecule has 0 radical (unpaired) electrons. The molecule has 2 atom stereocenters. The van der Waals surface area contributed by atoms with E-state index in [1.165, 1.54) is 43.9 Å². The minimum Gasteiger partial charge on any atom is -0.371 e. The molecule has 5 heteroatoms. The second kappa shape index (κ2) is 7.18. The molecule has 4 aliphatic rings. The first-order chi connectivity index (χ1) is 10.7.